The third-order valence-electron chi connectivity index (χ3n) is 6.30. The van der Waals surface area contributed by atoms with E-state index in [0.717, 1.165) is 45.1 Å². The number of aromatic nitrogens is 3. The van der Waals surface area contributed by atoms with Gasteiger partial charge in [-0.25, -0.2) is 4.68 Å². The molecule has 0 amide bonds. The Bertz CT molecular complexity index is 1670. The summed E-state index contributed by atoms with van der Waals surface area (Å²) in [7, 11) is 1.66. The first kappa shape index (κ1) is 30.2. The van der Waals surface area contributed by atoms with Crippen molar-refractivity contribution >= 4 is 5.69 Å². The van der Waals surface area contributed by atoms with Gasteiger partial charge in [-0.3, -0.25) is 0 Å². The van der Waals surface area contributed by atoms with E-state index in [0.29, 0.717) is 0 Å². The summed E-state index contributed by atoms with van der Waals surface area (Å²) in [6, 6.07) is 27.7. The maximum absolute atomic E-state index is 8.23. The molecule has 0 radical (unpaired) electrons. The van der Waals surface area contributed by atoms with Crippen LogP contribution in [0.1, 0.15) is 33.4 Å². The Hall–Kier alpha value is -5.31. The van der Waals surface area contributed by atoms with E-state index >= 15 is 0 Å². The molecule has 0 fully saturated rings. The van der Waals surface area contributed by atoms with Crippen LogP contribution in [0.15, 0.2) is 96.2 Å². The van der Waals surface area contributed by atoms with Crippen molar-refractivity contribution in [2.75, 3.05) is 7.11 Å². The van der Waals surface area contributed by atoms with Gasteiger partial charge < -0.3 is 4.74 Å². The Morgan fingerprint density at radius 2 is 1.44 bits per heavy atom. The average molecular weight is 543 g/mol. The third kappa shape index (κ3) is 8.34. The molecule has 0 aliphatic rings. The molecule has 7 nitrogen and oxygen atoms in total. The number of nitrogens with zero attached hydrogens (tertiary/aromatic N) is 6. The summed E-state index contributed by atoms with van der Waals surface area (Å²) in [5.41, 5.74) is 18.4. The van der Waals surface area contributed by atoms with Crippen molar-refractivity contribution in [3.05, 3.63) is 135 Å². The van der Waals surface area contributed by atoms with Crippen molar-refractivity contribution in [2.24, 2.45) is 5.11 Å². The Morgan fingerprint density at radius 1 is 0.829 bits per heavy atom. The lowest BCUT2D eigenvalue weighted by atomic mass is 10.1. The molecule has 5 rings (SSSR count). The molecule has 5 aromatic rings. The van der Waals surface area contributed by atoms with Gasteiger partial charge in [0.2, 0.25) is 0 Å². The molecule has 0 saturated heterocycles. The minimum Gasteiger partial charge on any atom is -0.497 e. The van der Waals surface area contributed by atoms with Gasteiger partial charge in [0.1, 0.15) is 11.4 Å². The van der Waals surface area contributed by atoms with E-state index in [4.69, 9.17) is 16.7 Å². The summed E-state index contributed by atoms with van der Waals surface area (Å²) in [5, 5.41) is 12.1. The van der Waals surface area contributed by atoms with E-state index < -0.39 is 0 Å². The summed E-state index contributed by atoms with van der Waals surface area (Å²) >= 11 is 0. The fraction of sp³-hybridized carbons (Fsp3) is 0.176. The Balaban J connectivity index is 0.000000193. The first-order valence-corrected chi connectivity index (χ1v) is 13.0. The van der Waals surface area contributed by atoms with Crippen LogP contribution in [0.4, 0.5) is 5.69 Å². The molecule has 0 saturated carbocycles. The predicted octanol–water partition coefficient (Wildman–Crippen LogP) is 8.78. The van der Waals surface area contributed by atoms with E-state index in [1.807, 2.05) is 104 Å². The van der Waals surface area contributed by atoms with Crippen molar-refractivity contribution in [2.45, 2.75) is 34.6 Å². The third-order valence-corrected chi connectivity index (χ3v) is 6.30. The van der Waals surface area contributed by atoms with E-state index in [1.54, 1.807) is 7.11 Å². The second kappa shape index (κ2) is 14.7. The van der Waals surface area contributed by atoms with Crippen LogP contribution in [0, 0.1) is 47.0 Å². The van der Waals surface area contributed by atoms with Gasteiger partial charge in [-0.1, -0.05) is 76.9 Å². The van der Waals surface area contributed by atoms with Gasteiger partial charge >= 0.3 is 0 Å². The van der Waals surface area contributed by atoms with Crippen molar-refractivity contribution in [3.8, 4) is 35.0 Å². The number of hydrogen-bond donors (Lipinski definition) is 0. The lowest BCUT2D eigenvalue weighted by molar-refractivity contribution is 0.415. The fourth-order valence-electron chi connectivity index (χ4n) is 4.20. The molecule has 7 heteroatoms. The minimum absolute atomic E-state index is 0.745. The normalized spacial score (nSPS) is 9.68. The Morgan fingerprint density at radius 3 is 2.00 bits per heavy atom. The molecule has 0 spiro atoms. The molecule has 0 aliphatic heterocycles. The first-order chi connectivity index (χ1) is 19.8. The minimum atomic E-state index is 0.745. The molecule has 0 unspecified atom stereocenters. The molecule has 0 bridgehead atoms. The molecule has 41 heavy (non-hydrogen) atoms. The number of azide groups is 1. The summed E-state index contributed by atoms with van der Waals surface area (Å²) in [6.07, 6.45) is 7.12. The zero-order valence-corrected chi connectivity index (χ0v) is 24.3. The first-order valence-electron chi connectivity index (χ1n) is 13.0. The molecule has 0 aliphatic carbocycles. The van der Waals surface area contributed by atoms with Crippen LogP contribution in [0.2, 0.25) is 0 Å². The van der Waals surface area contributed by atoms with Gasteiger partial charge in [0, 0.05) is 21.7 Å². The molecule has 4 aromatic carbocycles. The predicted molar refractivity (Wildman–Crippen MR) is 167 cm³/mol. The zero-order valence-electron chi connectivity index (χ0n) is 24.3. The van der Waals surface area contributed by atoms with Gasteiger partial charge in [-0.05, 0) is 92.2 Å². The van der Waals surface area contributed by atoms with Gasteiger partial charge in [-0.2, -0.15) is 0 Å². The maximum atomic E-state index is 8.23. The Kier molecular flexibility index (Phi) is 10.9. The zero-order chi connectivity index (χ0) is 29.8. The van der Waals surface area contributed by atoms with Crippen LogP contribution in [-0.2, 0) is 0 Å². The van der Waals surface area contributed by atoms with Gasteiger partial charge in [0.15, 0.2) is 0 Å². The number of rotatable bonds is 4. The number of benzene rings is 4. The van der Waals surface area contributed by atoms with Crippen molar-refractivity contribution in [1.29, 1.82) is 0 Å². The smallest absolute Gasteiger partial charge is 0.119 e. The number of terminal acetylenes is 1. The molecular weight excluding hydrogens is 508 g/mol. The number of hydrogen-bond acceptors (Lipinski definition) is 4. The highest BCUT2D eigenvalue weighted by atomic mass is 16.5. The number of aryl methyl sites for hydroxylation is 5. The number of ether oxygens (including phenoxy) is 1. The van der Waals surface area contributed by atoms with Gasteiger partial charge in [-0.15, -0.1) is 11.5 Å². The van der Waals surface area contributed by atoms with Crippen LogP contribution < -0.4 is 4.74 Å². The standard InChI is InChI=1S/C17H17N3O.C9H8.C8H9N3/c1-12-6-4-7-13(2)17(12)20-11-16(18-19-20)14-8-5-9-15(10-14)21-3;1-3-9-6-4-5-8(2)7-9;1-6-4-3-5-7(2)8(6)10-11-9/h4-11H,1-3H3;1,4-7H,2H3;3-5H,1-2H3. The van der Waals surface area contributed by atoms with Crippen molar-refractivity contribution in [1.82, 2.24) is 15.0 Å². The molecule has 0 atom stereocenters. The highest BCUT2D eigenvalue weighted by molar-refractivity contribution is 5.61. The van der Waals surface area contributed by atoms with Crippen LogP contribution in [0.5, 0.6) is 5.75 Å². The number of para-hydroxylation sites is 1. The van der Waals surface area contributed by atoms with Crippen molar-refractivity contribution in [3.63, 3.8) is 0 Å². The van der Waals surface area contributed by atoms with E-state index in [1.165, 1.54) is 16.7 Å². The van der Waals surface area contributed by atoms with Crippen LogP contribution >= 0.6 is 0 Å². The highest BCUT2D eigenvalue weighted by Gasteiger charge is 2.10. The highest BCUT2D eigenvalue weighted by Crippen LogP contribution is 2.24. The fourth-order valence-corrected chi connectivity index (χ4v) is 4.20. The molecule has 1 heterocycles. The lowest BCUT2D eigenvalue weighted by Gasteiger charge is -2.08. The second-order valence-electron chi connectivity index (χ2n) is 9.46. The molecular formula is C34H34N6O. The largest absolute Gasteiger partial charge is 0.497 e. The lowest BCUT2D eigenvalue weighted by Crippen LogP contribution is -2.00. The molecule has 1 aromatic heterocycles. The molecule has 206 valence electrons. The van der Waals surface area contributed by atoms with E-state index in [2.05, 4.69) is 52.2 Å². The van der Waals surface area contributed by atoms with Crippen LogP contribution in [-0.4, -0.2) is 22.1 Å². The second-order valence-corrected chi connectivity index (χ2v) is 9.46. The van der Waals surface area contributed by atoms with Gasteiger partial charge in [0.25, 0.3) is 0 Å². The monoisotopic (exact) mass is 542 g/mol. The van der Waals surface area contributed by atoms with E-state index in [9.17, 15) is 0 Å². The summed E-state index contributed by atoms with van der Waals surface area (Å²) in [4.78, 5) is 2.75. The molecule has 0 N–H and O–H groups in total. The Labute approximate surface area is 242 Å². The quantitative estimate of drug-likeness (QED) is 0.0984. The average Bonchev–Trinajstić information content (AvgIpc) is 3.46. The SMILES string of the molecule is C#Cc1cccc(C)c1.COc1cccc(-c2cn(-c3c(C)cccc3C)nn2)c1.Cc1cccc(C)c1N=[N+]=[N-]. The van der Waals surface area contributed by atoms with Gasteiger partial charge in [0.05, 0.1) is 19.0 Å². The maximum Gasteiger partial charge on any atom is 0.119 e. The summed E-state index contributed by atoms with van der Waals surface area (Å²) in [6.45, 7) is 10.0. The van der Waals surface area contributed by atoms with Crippen molar-refractivity contribution < 1.29 is 4.74 Å². The van der Waals surface area contributed by atoms with Crippen LogP contribution in [0.3, 0.4) is 0 Å². The van der Waals surface area contributed by atoms with E-state index in [-0.39, 0.29) is 0 Å². The number of methoxy groups -OCH3 is 1. The summed E-state index contributed by atoms with van der Waals surface area (Å²) < 4.78 is 7.08. The summed E-state index contributed by atoms with van der Waals surface area (Å²) in [5.74, 6) is 3.38. The van der Waals surface area contributed by atoms with Crippen LogP contribution in [0.25, 0.3) is 27.4 Å². The topological polar surface area (TPSA) is 88.7 Å².